The number of aliphatic hydroxyl groups is 1. The van der Waals surface area contributed by atoms with Crippen LogP contribution in [-0.4, -0.2) is 16.9 Å². The Hall–Kier alpha value is -1.39. The van der Waals surface area contributed by atoms with Crippen LogP contribution in [0.1, 0.15) is 43.0 Å². The number of rotatable bonds is 1. The number of nitrogens with two attached hydrogens (primary N) is 1. The van der Waals surface area contributed by atoms with Crippen LogP contribution >= 0.6 is 0 Å². The van der Waals surface area contributed by atoms with Crippen molar-refractivity contribution in [1.29, 1.82) is 0 Å². The van der Waals surface area contributed by atoms with Crippen LogP contribution in [0.4, 0.5) is 0 Å². The van der Waals surface area contributed by atoms with Gasteiger partial charge in [-0.3, -0.25) is 5.43 Å². The summed E-state index contributed by atoms with van der Waals surface area (Å²) >= 11 is 0. The van der Waals surface area contributed by atoms with Gasteiger partial charge in [0.2, 0.25) is 0 Å². The number of fused-ring (bicyclic) bond motifs is 1. The van der Waals surface area contributed by atoms with Gasteiger partial charge < -0.3 is 10.8 Å². The molecule has 0 radical (unpaired) electrons. The second-order valence-corrected chi connectivity index (χ2v) is 5.23. The monoisotopic (exact) mass is 245 g/mol. The smallest absolute Gasteiger partial charge is 0.166 e. The predicted molar refractivity (Wildman–Crippen MR) is 71.0 cm³/mol. The molecule has 1 saturated carbocycles. The summed E-state index contributed by atoms with van der Waals surface area (Å²) in [6, 6.07) is 8.30. The highest BCUT2D eigenvalue weighted by Gasteiger charge is 2.28. The van der Waals surface area contributed by atoms with Crippen molar-refractivity contribution in [1.82, 2.24) is 5.43 Å². The Balaban J connectivity index is 1.89. The van der Waals surface area contributed by atoms with Crippen molar-refractivity contribution in [3.05, 3.63) is 35.4 Å². The molecule has 4 nitrogen and oxygen atoms in total. The molecule has 1 atom stereocenters. The number of hydrazone groups is 1. The molecule has 0 amide bonds. The third kappa shape index (κ3) is 2.02. The van der Waals surface area contributed by atoms with Gasteiger partial charge in [-0.25, -0.2) is 0 Å². The predicted octanol–water partition coefficient (Wildman–Crippen LogP) is 1.50. The Morgan fingerprint density at radius 1 is 1.17 bits per heavy atom. The molecule has 18 heavy (non-hydrogen) atoms. The van der Waals surface area contributed by atoms with E-state index in [9.17, 15) is 5.11 Å². The lowest BCUT2D eigenvalue weighted by Crippen LogP contribution is -2.34. The Kier molecular flexibility index (Phi) is 3.06. The first-order chi connectivity index (χ1) is 8.75. The van der Waals surface area contributed by atoms with Gasteiger partial charge in [-0.05, 0) is 25.7 Å². The Morgan fingerprint density at radius 3 is 2.67 bits per heavy atom. The molecule has 3 rings (SSSR count). The molecule has 0 saturated heterocycles. The fourth-order valence-corrected chi connectivity index (χ4v) is 2.93. The third-order valence-electron chi connectivity index (χ3n) is 4.00. The van der Waals surface area contributed by atoms with Crippen molar-refractivity contribution < 1.29 is 5.11 Å². The molecule has 1 aromatic rings. The molecule has 4 N–H and O–H groups in total. The normalized spacial score (nSPS) is 31.2. The average molecular weight is 245 g/mol. The summed E-state index contributed by atoms with van der Waals surface area (Å²) in [5, 5.41) is 14.3. The summed E-state index contributed by atoms with van der Waals surface area (Å²) in [6.07, 6.45) is 3.62. The highest BCUT2D eigenvalue weighted by atomic mass is 16.3. The molecule has 1 heterocycles. The number of benzene rings is 1. The van der Waals surface area contributed by atoms with Crippen LogP contribution < -0.4 is 11.2 Å². The van der Waals surface area contributed by atoms with Gasteiger partial charge in [0.15, 0.2) is 6.23 Å². The first kappa shape index (κ1) is 11.7. The lowest BCUT2D eigenvalue weighted by molar-refractivity contribution is 0.138. The van der Waals surface area contributed by atoms with E-state index in [-0.39, 0.29) is 0 Å². The van der Waals surface area contributed by atoms with Gasteiger partial charge in [0.05, 0.1) is 5.71 Å². The zero-order chi connectivity index (χ0) is 12.5. The third-order valence-corrected chi connectivity index (χ3v) is 4.00. The van der Waals surface area contributed by atoms with Crippen LogP contribution in [0.3, 0.4) is 0 Å². The number of hydrogen-bond acceptors (Lipinski definition) is 4. The number of hydrogen-bond donors (Lipinski definition) is 3. The van der Waals surface area contributed by atoms with Crippen molar-refractivity contribution in [2.24, 2.45) is 16.8 Å². The van der Waals surface area contributed by atoms with E-state index in [1.165, 1.54) is 0 Å². The van der Waals surface area contributed by atoms with E-state index in [4.69, 9.17) is 5.73 Å². The van der Waals surface area contributed by atoms with Crippen molar-refractivity contribution in [2.45, 2.75) is 38.0 Å². The van der Waals surface area contributed by atoms with Crippen LogP contribution in [0, 0.1) is 5.92 Å². The zero-order valence-electron chi connectivity index (χ0n) is 10.3. The minimum atomic E-state index is -0.684. The van der Waals surface area contributed by atoms with E-state index in [1.807, 2.05) is 24.3 Å². The molecule has 0 aromatic heterocycles. The first-order valence-electron chi connectivity index (χ1n) is 6.62. The molecular formula is C14H19N3O. The van der Waals surface area contributed by atoms with Crippen molar-refractivity contribution in [3.63, 3.8) is 0 Å². The summed E-state index contributed by atoms with van der Waals surface area (Å²) in [5.41, 5.74) is 11.9. The van der Waals surface area contributed by atoms with Crippen LogP contribution in [0.15, 0.2) is 29.4 Å². The largest absolute Gasteiger partial charge is 0.368 e. The van der Waals surface area contributed by atoms with Crippen molar-refractivity contribution in [2.75, 3.05) is 0 Å². The SMILES string of the molecule is NC1CCC(C2=NNC(O)c3ccccc32)CC1. The summed E-state index contributed by atoms with van der Waals surface area (Å²) in [5.74, 6) is 0.464. The highest BCUT2D eigenvalue weighted by molar-refractivity contribution is 6.04. The molecule has 96 valence electrons. The van der Waals surface area contributed by atoms with E-state index < -0.39 is 6.23 Å². The molecule has 1 aromatic carbocycles. The molecule has 2 aliphatic rings. The molecule has 1 aliphatic heterocycles. The van der Waals surface area contributed by atoms with E-state index >= 15 is 0 Å². The first-order valence-corrected chi connectivity index (χ1v) is 6.62. The van der Waals surface area contributed by atoms with E-state index in [2.05, 4.69) is 10.5 Å². The second-order valence-electron chi connectivity index (χ2n) is 5.23. The van der Waals surface area contributed by atoms with E-state index in [1.54, 1.807) is 0 Å². The fourth-order valence-electron chi connectivity index (χ4n) is 2.93. The number of aliphatic hydroxyl groups excluding tert-OH is 1. The van der Waals surface area contributed by atoms with Gasteiger partial charge in [-0.15, -0.1) is 0 Å². The maximum Gasteiger partial charge on any atom is 0.166 e. The van der Waals surface area contributed by atoms with Crippen molar-refractivity contribution >= 4 is 5.71 Å². The fraction of sp³-hybridized carbons (Fsp3) is 0.500. The lowest BCUT2D eigenvalue weighted by atomic mass is 9.80. The summed E-state index contributed by atoms with van der Waals surface area (Å²) in [6.45, 7) is 0. The molecule has 0 spiro atoms. The van der Waals surface area contributed by atoms with Crippen LogP contribution in [0.25, 0.3) is 0 Å². The molecule has 0 bridgehead atoms. The maximum atomic E-state index is 9.88. The summed E-state index contributed by atoms with van der Waals surface area (Å²) in [4.78, 5) is 0. The topological polar surface area (TPSA) is 70.6 Å². The van der Waals surface area contributed by atoms with Gasteiger partial charge in [-0.1, -0.05) is 24.3 Å². The average Bonchev–Trinajstić information content (AvgIpc) is 2.41. The Morgan fingerprint density at radius 2 is 1.89 bits per heavy atom. The molecule has 4 heteroatoms. The highest BCUT2D eigenvalue weighted by Crippen LogP contribution is 2.31. The number of nitrogens with one attached hydrogen (secondary N) is 1. The van der Waals surface area contributed by atoms with E-state index in [0.717, 1.165) is 42.5 Å². The summed E-state index contributed by atoms with van der Waals surface area (Å²) in [7, 11) is 0. The maximum absolute atomic E-state index is 9.88. The molecule has 1 fully saturated rings. The second kappa shape index (κ2) is 4.71. The van der Waals surface area contributed by atoms with Gasteiger partial charge >= 0.3 is 0 Å². The zero-order valence-corrected chi connectivity index (χ0v) is 10.3. The Labute approximate surface area is 107 Å². The minimum Gasteiger partial charge on any atom is -0.368 e. The van der Waals surface area contributed by atoms with Crippen LogP contribution in [-0.2, 0) is 0 Å². The van der Waals surface area contributed by atoms with Gasteiger partial charge in [0.25, 0.3) is 0 Å². The summed E-state index contributed by atoms with van der Waals surface area (Å²) < 4.78 is 0. The van der Waals surface area contributed by atoms with Gasteiger partial charge in [-0.2, -0.15) is 5.10 Å². The van der Waals surface area contributed by atoms with Crippen LogP contribution in [0.2, 0.25) is 0 Å². The van der Waals surface area contributed by atoms with Gasteiger partial charge in [0.1, 0.15) is 0 Å². The number of nitrogens with zero attached hydrogens (tertiary/aromatic N) is 1. The Bertz CT molecular complexity index is 464. The van der Waals surface area contributed by atoms with Crippen LogP contribution in [0.5, 0.6) is 0 Å². The van der Waals surface area contributed by atoms with Gasteiger partial charge in [0, 0.05) is 23.1 Å². The lowest BCUT2D eigenvalue weighted by Gasteiger charge is -2.31. The molecule has 1 aliphatic carbocycles. The molecule has 1 unspecified atom stereocenters. The molecular weight excluding hydrogens is 226 g/mol. The van der Waals surface area contributed by atoms with E-state index in [0.29, 0.717) is 12.0 Å². The van der Waals surface area contributed by atoms with Crippen molar-refractivity contribution in [3.8, 4) is 0 Å². The quantitative estimate of drug-likeness (QED) is 0.702. The standard InChI is InChI=1S/C14H19N3O/c15-10-7-5-9(6-8-10)13-11-3-1-2-4-12(11)14(18)17-16-13/h1-4,9-10,14,17-18H,5-8,15H2. The minimum absolute atomic E-state index is 0.347.